The van der Waals surface area contributed by atoms with Crippen molar-refractivity contribution in [2.24, 2.45) is 0 Å². The van der Waals surface area contributed by atoms with E-state index in [-0.39, 0.29) is 24.2 Å². The lowest BCUT2D eigenvalue weighted by Gasteiger charge is -2.38. The minimum atomic E-state index is 0.0634. The van der Waals surface area contributed by atoms with Gasteiger partial charge in [0.2, 0.25) is 0 Å². The van der Waals surface area contributed by atoms with Crippen molar-refractivity contribution in [3.8, 4) is 11.5 Å². The van der Waals surface area contributed by atoms with Crippen LogP contribution in [0.2, 0.25) is 0 Å². The second-order valence-corrected chi connectivity index (χ2v) is 9.01. The van der Waals surface area contributed by atoms with Gasteiger partial charge in [0.25, 0.3) is 5.91 Å². The molecule has 33 heavy (non-hydrogen) atoms. The van der Waals surface area contributed by atoms with Gasteiger partial charge < -0.3 is 19.1 Å². The number of amides is 1. The average molecular weight is 454 g/mol. The average Bonchev–Trinajstić information content (AvgIpc) is 3.26. The molecule has 3 heterocycles. The highest BCUT2D eigenvalue weighted by Gasteiger charge is 2.33. The van der Waals surface area contributed by atoms with Crippen molar-refractivity contribution >= 4 is 5.91 Å². The Bertz CT molecular complexity index is 913. The fraction of sp³-hybridized carbons (Fsp3) is 0.538. The van der Waals surface area contributed by atoms with Gasteiger partial charge in [0, 0.05) is 50.2 Å². The summed E-state index contributed by atoms with van der Waals surface area (Å²) >= 11 is 0. The van der Waals surface area contributed by atoms with Gasteiger partial charge in [0.05, 0.1) is 18.8 Å². The summed E-state index contributed by atoms with van der Waals surface area (Å²) < 4.78 is 17.7. The molecule has 0 saturated carbocycles. The number of aromatic nitrogens is 1. The van der Waals surface area contributed by atoms with Crippen LogP contribution in [0.25, 0.3) is 0 Å². The van der Waals surface area contributed by atoms with Gasteiger partial charge in [-0.1, -0.05) is 0 Å². The molecule has 0 aliphatic carbocycles. The number of morpholine rings is 1. The molecule has 2 aliphatic heterocycles. The van der Waals surface area contributed by atoms with Gasteiger partial charge in [0.1, 0.15) is 6.61 Å². The van der Waals surface area contributed by atoms with E-state index in [1.165, 1.54) is 0 Å². The van der Waals surface area contributed by atoms with Gasteiger partial charge in [-0.3, -0.25) is 14.7 Å². The predicted molar refractivity (Wildman–Crippen MR) is 127 cm³/mol. The molecule has 0 N–H and O–H groups in total. The number of likely N-dealkylation sites (tertiary alicyclic amines) is 1. The van der Waals surface area contributed by atoms with E-state index in [0.29, 0.717) is 30.3 Å². The van der Waals surface area contributed by atoms with Gasteiger partial charge in [-0.2, -0.15) is 0 Å². The predicted octanol–water partition coefficient (Wildman–Crippen LogP) is 3.77. The van der Waals surface area contributed by atoms with Crippen molar-refractivity contribution in [3.05, 3.63) is 53.9 Å². The molecule has 7 nitrogen and oxygen atoms in total. The Kier molecular flexibility index (Phi) is 7.83. The SMILES string of the molecule is CCOc1cc(C(=O)N2CCCC2CN2CC(C)OC(C)C2)ccc1OCc1ccncc1. The molecule has 178 valence electrons. The van der Waals surface area contributed by atoms with E-state index in [9.17, 15) is 4.79 Å². The van der Waals surface area contributed by atoms with Gasteiger partial charge in [-0.25, -0.2) is 0 Å². The van der Waals surface area contributed by atoms with Gasteiger partial charge in [0.15, 0.2) is 11.5 Å². The zero-order valence-electron chi connectivity index (χ0n) is 19.9. The highest BCUT2D eigenvalue weighted by Crippen LogP contribution is 2.31. The smallest absolute Gasteiger partial charge is 0.254 e. The Hall–Kier alpha value is -2.64. The number of rotatable bonds is 8. The van der Waals surface area contributed by atoms with Crippen LogP contribution in [0.3, 0.4) is 0 Å². The number of pyridine rings is 1. The third-order valence-corrected chi connectivity index (χ3v) is 6.24. The molecule has 2 aliphatic rings. The number of carbonyl (C=O) groups excluding carboxylic acids is 1. The molecule has 2 aromatic rings. The Morgan fingerprint density at radius 1 is 1.09 bits per heavy atom. The second kappa shape index (κ2) is 11.0. The normalized spacial score (nSPS) is 23.5. The summed E-state index contributed by atoms with van der Waals surface area (Å²) in [4.78, 5) is 22.0. The summed E-state index contributed by atoms with van der Waals surface area (Å²) in [5.41, 5.74) is 1.67. The number of hydrogen-bond donors (Lipinski definition) is 0. The van der Waals surface area contributed by atoms with Crippen LogP contribution in [0, 0.1) is 0 Å². The fourth-order valence-electron chi connectivity index (χ4n) is 4.86. The third kappa shape index (κ3) is 6.03. The highest BCUT2D eigenvalue weighted by molar-refractivity contribution is 5.95. The molecule has 7 heteroatoms. The van der Waals surface area contributed by atoms with Crippen LogP contribution < -0.4 is 9.47 Å². The maximum Gasteiger partial charge on any atom is 0.254 e. The lowest BCUT2D eigenvalue weighted by atomic mass is 10.1. The maximum atomic E-state index is 13.5. The van der Waals surface area contributed by atoms with Crippen molar-refractivity contribution in [1.82, 2.24) is 14.8 Å². The lowest BCUT2D eigenvalue weighted by molar-refractivity contribution is -0.0715. The number of carbonyl (C=O) groups is 1. The number of hydrogen-bond acceptors (Lipinski definition) is 6. The fourth-order valence-corrected chi connectivity index (χ4v) is 4.86. The summed E-state index contributed by atoms with van der Waals surface area (Å²) in [6, 6.07) is 9.58. The standard InChI is InChI=1S/C26H35N3O4/c1-4-31-25-14-22(7-8-24(25)32-18-21-9-11-27-12-10-21)26(30)29-13-5-6-23(29)17-28-15-19(2)33-20(3)16-28/h7-12,14,19-20,23H,4-6,13,15-18H2,1-3H3. The topological polar surface area (TPSA) is 64.1 Å². The molecule has 0 spiro atoms. The van der Waals surface area contributed by atoms with Crippen LogP contribution in [0.5, 0.6) is 11.5 Å². The zero-order valence-corrected chi connectivity index (χ0v) is 19.9. The number of nitrogens with zero attached hydrogens (tertiary/aromatic N) is 3. The molecular formula is C26H35N3O4. The summed E-state index contributed by atoms with van der Waals surface area (Å²) in [7, 11) is 0. The van der Waals surface area contributed by atoms with E-state index < -0.39 is 0 Å². The van der Waals surface area contributed by atoms with Crippen molar-refractivity contribution in [3.63, 3.8) is 0 Å². The highest BCUT2D eigenvalue weighted by atomic mass is 16.5. The van der Waals surface area contributed by atoms with Gasteiger partial charge in [-0.05, 0) is 69.5 Å². The third-order valence-electron chi connectivity index (χ3n) is 6.24. The Morgan fingerprint density at radius 2 is 1.85 bits per heavy atom. The first kappa shape index (κ1) is 23.5. The van der Waals surface area contributed by atoms with Crippen molar-refractivity contribution in [2.45, 2.75) is 58.5 Å². The molecule has 0 radical (unpaired) electrons. The summed E-state index contributed by atoms with van der Waals surface area (Å²) in [6.45, 7) is 10.6. The lowest BCUT2D eigenvalue weighted by Crippen LogP contribution is -2.50. The molecule has 1 amide bonds. The largest absolute Gasteiger partial charge is 0.490 e. The van der Waals surface area contributed by atoms with Crippen LogP contribution >= 0.6 is 0 Å². The quantitative estimate of drug-likeness (QED) is 0.606. The van der Waals surface area contributed by atoms with Crippen LogP contribution in [0.4, 0.5) is 0 Å². The molecule has 0 bridgehead atoms. The van der Waals surface area contributed by atoms with E-state index in [4.69, 9.17) is 14.2 Å². The molecule has 1 aromatic carbocycles. The second-order valence-electron chi connectivity index (χ2n) is 9.01. The molecule has 3 unspecified atom stereocenters. The van der Waals surface area contributed by atoms with E-state index >= 15 is 0 Å². The molecule has 3 atom stereocenters. The van der Waals surface area contributed by atoms with E-state index in [2.05, 4.69) is 23.7 Å². The van der Waals surface area contributed by atoms with Crippen molar-refractivity contribution < 1.29 is 19.0 Å². The molecule has 2 fully saturated rings. The molecular weight excluding hydrogens is 418 g/mol. The summed E-state index contributed by atoms with van der Waals surface area (Å²) in [5, 5.41) is 0. The first-order valence-corrected chi connectivity index (χ1v) is 12.0. The number of ether oxygens (including phenoxy) is 3. The van der Waals surface area contributed by atoms with Crippen LogP contribution in [0.1, 0.15) is 49.5 Å². The minimum absolute atomic E-state index is 0.0634. The molecule has 4 rings (SSSR count). The minimum Gasteiger partial charge on any atom is -0.490 e. The first-order chi connectivity index (χ1) is 16.0. The van der Waals surface area contributed by atoms with E-state index in [0.717, 1.165) is 44.6 Å². The Morgan fingerprint density at radius 3 is 2.58 bits per heavy atom. The van der Waals surface area contributed by atoms with Crippen molar-refractivity contribution in [1.29, 1.82) is 0 Å². The Balaban J connectivity index is 1.44. The molecule has 2 saturated heterocycles. The zero-order chi connectivity index (χ0) is 23.2. The first-order valence-electron chi connectivity index (χ1n) is 12.0. The van der Waals surface area contributed by atoms with Crippen LogP contribution in [-0.4, -0.2) is 71.7 Å². The summed E-state index contributed by atoms with van der Waals surface area (Å²) in [6.07, 6.45) is 6.03. The number of benzene rings is 1. The van der Waals surface area contributed by atoms with Crippen LogP contribution in [0.15, 0.2) is 42.7 Å². The summed E-state index contributed by atoms with van der Waals surface area (Å²) in [5.74, 6) is 1.30. The van der Waals surface area contributed by atoms with Crippen LogP contribution in [-0.2, 0) is 11.3 Å². The maximum absolute atomic E-state index is 13.5. The van der Waals surface area contributed by atoms with Gasteiger partial charge in [-0.15, -0.1) is 0 Å². The van der Waals surface area contributed by atoms with E-state index in [1.807, 2.05) is 42.2 Å². The van der Waals surface area contributed by atoms with Gasteiger partial charge >= 0.3 is 0 Å². The van der Waals surface area contributed by atoms with Crippen molar-refractivity contribution in [2.75, 3.05) is 32.8 Å². The molecule has 1 aromatic heterocycles. The Labute approximate surface area is 196 Å². The van der Waals surface area contributed by atoms with E-state index in [1.54, 1.807) is 12.4 Å². The monoisotopic (exact) mass is 453 g/mol.